The minimum atomic E-state index is -1.57. The number of carboxylic acids is 1. The van der Waals surface area contributed by atoms with Crippen LogP contribution in [-0.2, 0) is 16.0 Å². The summed E-state index contributed by atoms with van der Waals surface area (Å²) >= 11 is 0. The van der Waals surface area contributed by atoms with E-state index in [9.17, 15) is 14.7 Å². The lowest BCUT2D eigenvalue weighted by molar-refractivity contribution is -0.146. The molecule has 0 radical (unpaired) electrons. The molecular weight excluding hydrogens is 236 g/mol. The van der Waals surface area contributed by atoms with Gasteiger partial charge in [-0.15, -0.1) is 0 Å². The first-order valence-corrected chi connectivity index (χ1v) is 5.70. The number of aliphatic carboxylic acids is 1. The van der Waals surface area contributed by atoms with E-state index < -0.39 is 12.1 Å². The van der Waals surface area contributed by atoms with E-state index >= 15 is 0 Å². The molecule has 1 aromatic carbocycles. The molecule has 0 spiro atoms. The number of carbonyl (C=O) groups excluding carboxylic acids is 1. The smallest absolute Gasteiger partial charge is 0.337 e. The molecule has 18 heavy (non-hydrogen) atoms. The lowest BCUT2D eigenvalue weighted by atomic mass is 10.0. The highest BCUT2D eigenvalue weighted by atomic mass is 16.5. The van der Waals surface area contributed by atoms with Crippen LogP contribution in [0.25, 0.3) is 0 Å². The Morgan fingerprint density at radius 2 is 2.22 bits per heavy atom. The second kappa shape index (κ2) is 6.76. The molecule has 0 aliphatic carbocycles. The third-order valence-corrected chi connectivity index (χ3v) is 2.47. The summed E-state index contributed by atoms with van der Waals surface area (Å²) in [6.07, 6.45) is 0.156. The van der Waals surface area contributed by atoms with Crippen molar-refractivity contribution in [3.8, 4) is 5.75 Å². The molecule has 1 unspecified atom stereocenters. The number of hydrogen-bond acceptors (Lipinski definition) is 4. The van der Waals surface area contributed by atoms with Gasteiger partial charge in [-0.1, -0.05) is 12.1 Å². The summed E-state index contributed by atoms with van der Waals surface area (Å²) in [5.74, 6) is -0.796. The fourth-order valence-electron chi connectivity index (χ4n) is 1.59. The van der Waals surface area contributed by atoms with Gasteiger partial charge in [0.25, 0.3) is 0 Å². The van der Waals surface area contributed by atoms with Gasteiger partial charge in [0.1, 0.15) is 12.0 Å². The number of ether oxygens (including phenoxy) is 1. The Balaban J connectivity index is 3.01. The molecule has 0 saturated heterocycles. The van der Waals surface area contributed by atoms with Gasteiger partial charge in [-0.2, -0.15) is 0 Å². The van der Waals surface area contributed by atoms with Crippen LogP contribution in [0, 0.1) is 0 Å². The molecule has 0 saturated carbocycles. The number of hydrogen-bond donors (Lipinski definition) is 2. The zero-order valence-electron chi connectivity index (χ0n) is 10.1. The molecule has 5 heteroatoms. The van der Waals surface area contributed by atoms with E-state index in [1.165, 1.54) is 12.1 Å². The van der Waals surface area contributed by atoms with Gasteiger partial charge in [-0.25, -0.2) is 4.79 Å². The number of rotatable bonds is 7. The van der Waals surface area contributed by atoms with Crippen LogP contribution in [0.3, 0.4) is 0 Å². The standard InChI is InChI=1S/C13H16O5/c1-2-18-11-8-10(12(15)13(16)17)6-5-9(11)4-3-7-14/h5-8,12,15H,2-4H2,1H3,(H,16,17). The van der Waals surface area contributed by atoms with Crippen molar-refractivity contribution in [2.75, 3.05) is 6.61 Å². The van der Waals surface area contributed by atoms with E-state index in [4.69, 9.17) is 9.84 Å². The molecule has 1 atom stereocenters. The van der Waals surface area contributed by atoms with Crippen molar-refractivity contribution >= 4 is 12.3 Å². The number of aliphatic hydroxyl groups is 1. The second-order valence-electron chi connectivity index (χ2n) is 3.75. The number of benzene rings is 1. The lowest BCUT2D eigenvalue weighted by Crippen LogP contribution is -2.11. The van der Waals surface area contributed by atoms with Crippen LogP contribution in [0.1, 0.15) is 30.6 Å². The third kappa shape index (κ3) is 3.56. The summed E-state index contributed by atoms with van der Waals surface area (Å²) in [5.41, 5.74) is 1.09. The van der Waals surface area contributed by atoms with Crippen molar-refractivity contribution in [3.63, 3.8) is 0 Å². The van der Waals surface area contributed by atoms with Crippen molar-refractivity contribution in [2.24, 2.45) is 0 Å². The Morgan fingerprint density at radius 3 is 2.78 bits per heavy atom. The monoisotopic (exact) mass is 252 g/mol. The molecule has 0 aromatic heterocycles. The van der Waals surface area contributed by atoms with E-state index in [0.29, 0.717) is 25.2 Å². The van der Waals surface area contributed by atoms with Crippen LogP contribution in [-0.4, -0.2) is 29.1 Å². The number of aldehydes is 1. The molecule has 0 fully saturated rings. The average Bonchev–Trinajstić information content (AvgIpc) is 2.36. The molecule has 0 heterocycles. The van der Waals surface area contributed by atoms with Crippen molar-refractivity contribution < 1.29 is 24.5 Å². The maximum Gasteiger partial charge on any atom is 0.337 e. The topological polar surface area (TPSA) is 83.8 Å². The quantitative estimate of drug-likeness (QED) is 0.715. The van der Waals surface area contributed by atoms with Crippen LogP contribution in [0.5, 0.6) is 5.75 Å². The minimum absolute atomic E-state index is 0.265. The number of aryl methyl sites for hydroxylation is 1. The molecule has 5 nitrogen and oxygen atoms in total. The van der Waals surface area contributed by atoms with Crippen LogP contribution >= 0.6 is 0 Å². The highest BCUT2D eigenvalue weighted by Gasteiger charge is 2.17. The van der Waals surface area contributed by atoms with Gasteiger partial charge in [0, 0.05) is 6.42 Å². The minimum Gasteiger partial charge on any atom is -0.494 e. The summed E-state index contributed by atoms with van der Waals surface area (Å²) in [7, 11) is 0. The molecule has 1 rings (SSSR count). The van der Waals surface area contributed by atoms with Crippen molar-refractivity contribution in [1.82, 2.24) is 0 Å². The van der Waals surface area contributed by atoms with E-state index in [-0.39, 0.29) is 5.56 Å². The van der Waals surface area contributed by atoms with E-state index in [1.807, 2.05) is 6.92 Å². The van der Waals surface area contributed by atoms with Crippen LogP contribution in [0.15, 0.2) is 18.2 Å². The SMILES string of the molecule is CCOc1cc(C(O)C(=O)O)ccc1CCC=O. The lowest BCUT2D eigenvalue weighted by Gasteiger charge is -2.13. The van der Waals surface area contributed by atoms with Crippen LogP contribution in [0.2, 0.25) is 0 Å². The summed E-state index contributed by atoms with van der Waals surface area (Å²) in [5, 5.41) is 18.2. The average molecular weight is 252 g/mol. The molecule has 0 bridgehead atoms. The molecule has 1 aromatic rings. The van der Waals surface area contributed by atoms with E-state index in [0.717, 1.165) is 11.8 Å². The normalized spacial score (nSPS) is 11.9. The predicted octanol–water partition coefficient (Wildman–Crippen LogP) is 1.33. The Kier molecular flexibility index (Phi) is 5.32. The molecule has 0 amide bonds. The summed E-state index contributed by atoms with van der Waals surface area (Å²) < 4.78 is 5.38. The molecular formula is C13H16O5. The van der Waals surface area contributed by atoms with E-state index in [1.54, 1.807) is 6.07 Å². The summed E-state index contributed by atoms with van der Waals surface area (Å²) in [6.45, 7) is 2.24. The first-order chi connectivity index (χ1) is 8.60. The fraction of sp³-hybridized carbons (Fsp3) is 0.385. The van der Waals surface area contributed by atoms with Gasteiger partial charge in [0.15, 0.2) is 6.10 Å². The van der Waals surface area contributed by atoms with Gasteiger partial charge in [0.05, 0.1) is 6.61 Å². The van der Waals surface area contributed by atoms with Gasteiger partial charge >= 0.3 is 5.97 Å². The zero-order chi connectivity index (χ0) is 13.5. The van der Waals surface area contributed by atoms with Gasteiger partial charge in [-0.05, 0) is 30.5 Å². The second-order valence-corrected chi connectivity index (χ2v) is 3.75. The first kappa shape index (κ1) is 14.2. The van der Waals surface area contributed by atoms with Gasteiger partial charge in [-0.3, -0.25) is 0 Å². The molecule has 2 N–H and O–H groups in total. The maximum atomic E-state index is 10.7. The third-order valence-electron chi connectivity index (χ3n) is 2.47. The number of carbonyl (C=O) groups is 2. The van der Waals surface area contributed by atoms with Gasteiger partial charge in [0.2, 0.25) is 0 Å². The van der Waals surface area contributed by atoms with Crippen LogP contribution < -0.4 is 4.74 Å². The Morgan fingerprint density at radius 1 is 1.50 bits per heavy atom. The van der Waals surface area contributed by atoms with Crippen molar-refractivity contribution in [2.45, 2.75) is 25.9 Å². The molecule has 98 valence electrons. The van der Waals surface area contributed by atoms with Gasteiger partial charge < -0.3 is 19.7 Å². The Hall–Kier alpha value is -1.88. The summed E-state index contributed by atoms with van der Waals surface area (Å²) in [6, 6.07) is 4.71. The maximum absolute atomic E-state index is 10.7. The largest absolute Gasteiger partial charge is 0.494 e. The molecule has 0 aliphatic heterocycles. The zero-order valence-corrected chi connectivity index (χ0v) is 10.1. The van der Waals surface area contributed by atoms with Crippen LogP contribution in [0.4, 0.5) is 0 Å². The van der Waals surface area contributed by atoms with Crippen molar-refractivity contribution in [1.29, 1.82) is 0 Å². The highest BCUT2D eigenvalue weighted by Crippen LogP contribution is 2.25. The number of carboxylic acid groups (broad SMARTS) is 1. The molecule has 0 aliphatic rings. The number of aliphatic hydroxyl groups excluding tert-OH is 1. The Labute approximate surface area is 105 Å². The fourth-order valence-corrected chi connectivity index (χ4v) is 1.59. The van der Waals surface area contributed by atoms with E-state index in [2.05, 4.69) is 0 Å². The summed E-state index contributed by atoms with van der Waals surface area (Å²) in [4.78, 5) is 21.0. The van der Waals surface area contributed by atoms with Crippen molar-refractivity contribution in [3.05, 3.63) is 29.3 Å². The Bertz CT molecular complexity index is 427. The highest BCUT2D eigenvalue weighted by molar-refractivity contribution is 5.74. The predicted molar refractivity (Wildman–Crippen MR) is 64.6 cm³/mol. The first-order valence-electron chi connectivity index (χ1n) is 5.70.